The van der Waals surface area contributed by atoms with E-state index in [9.17, 15) is 9.18 Å². The number of carbonyl (C=O) groups is 1. The van der Waals surface area contributed by atoms with Crippen LogP contribution in [0, 0.1) is 9.77 Å². The van der Waals surface area contributed by atoms with E-state index in [4.69, 9.17) is 12.2 Å². The van der Waals surface area contributed by atoms with Gasteiger partial charge < -0.3 is 10.6 Å². The zero-order valence-electron chi connectivity index (χ0n) is 16.3. The lowest BCUT2D eigenvalue weighted by Crippen LogP contribution is -2.45. The number of piperidine rings is 1. The van der Waals surface area contributed by atoms with Crippen LogP contribution >= 0.6 is 23.6 Å². The largest absolute Gasteiger partial charge is 0.349 e. The van der Waals surface area contributed by atoms with Crippen LogP contribution < -0.4 is 10.6 Å². The second kappa shape index (κ2) is 9.46. The molecule has 0 radical (unpaired) electrons. The van der Waals surface area contributed by atoms with Crippen molar-refractivity contribution in [3.63, 3.8) is 0 Å². The molecule has 2 heterocycles. The van der Waals surface area contributed by atoms with Crippen LogP contribution in [0.25, 0.3) is 0 Å². The number of amides is 1. The first-order valence-electron chi connectivity index (χ1n) is 9.76. The van der Waals surface area contributed by atoms with Gasteiger partial charge in [0.15, 0.2) is 3.95 Å². The molecule has 3 aromatic rings. The minimum atomic E-state index is -0.329. The number of para-hydroxylation sites is 1. The summed E-state index contributed by atoms with van der Waals surface area (Å²) in [5.74, 6) is -0.357. The molecule has 1 fully saturated rings. The number of carbonyl (C=O) groups excluding carboxylic acids is 1. The molecular formula is C21H22FN5OS2. The fourth-order valence-corrected chi connectivity index (χ4v) is 4.40. The Bertz CT molecular complexity index is 1060. The minimum absolute atomic E-state index is 0.0281. The Labute approximate surface area is 183 Å². The summed E-state index contributed by atoms with van der Waals surface area (Å²) in [6.07, 6.45) is 1.74. The van der Waals surface area contributed by atoms with Gasteiger partial charge in [-0.2, -0.15) is 0 Å². The molecule has 1 saturated heterocycles. The van der Waals surface area contributed by atoms with E-state index in [2.05, 4.69) is 20.6 Å². The Balaban J connectivity index is 1.30. The maximum Gasteiger partial charge on any atom is 0.251 e. The van der Waals surface area contributed by atoms with E-state index in [-0.39, 0.29) is 17.8 Å². The van der Waals surface area contributed by atoms with Crippen LogP contribution in [-0.2, 0) is 6.67 Å². The van der Waals surface area contributed by atoms with Gasteiger partial charge in [0.25, 0.3) is 5.91 Å². The maximum atomic E-state index is 13.8. The van der Waals surface area contributed by atoms with E-state index in [1.54, 1.807) is 22.9 Å². The van der Waals surface area contributed by atoms with Crippen LogP contribution in [0.5, 0.6) is 0 Å². The van der Waals surface area contributed by atoms with E-state index in [0.717, 1.165) is 25.9 Å². The zero-order chi connectivity index (χ0) is 20.9. The van der Waals surface area contributed by atoms with Gasteiger partial charge in [0.05, 0.1) is 12.4 Å². The van der Waals surface area contributed by atoms with Crippen molar-refractivity contribution in [2.75, 3.05) is 18.4 Å². The number of aromatic nitrogens is 2. The van der Waals surface area contributed by atoms with Gasteiger partial charge in [-0.25, -0.2) is 9.07 Å². The Morgan fingerprint density at radius 3 is 2.57 bits per heavy atom. The standard InChI is InChI=1S/C21H22FN5OS2/c22-17-8-4-5-9-18(17)24-20-25-27(21(29)30-20)14-26-12-10-16(11-13-26)23-19(28)15-6-2-1-3-7-15/h1-9,16H,10-14H2,(H,23,28)(H,24,25). The first-order chi connectivity index (χ1) is 14.6. The van der Waals surface area contributed by atoms with Gasteiger partial charge in [0.1, 0.15) is 5.82 Å². The molecule has 9 heteroatoms. The Morgan fingerprint density at radius 1 is 1.13 bits per heavy atom. The van der Waals surface area contributed by atoms with Crippen molar-refractivity contribution < 1.29 is 9.18 Å². The van der Waals surface area contributed by atoms with Crippen LogP contribution in [0.4, 0.5) is 15.2 Å². The summed E-state index contributed by atoms with van der Waals surface area (Å²) in [7, 11) is 0. The molecular weight excluding hydrogens is 421 g/mol. The molecule has 2 aromatic carbocycles. The highest BCUT2D eigenvalue weighted by molar-refractivity contribution is 7.73. The first kappa shape index (κ1) is 20.6. The molecule has 0 aliphatic carbocycles. The number of nitrogens with one attached hydrogen (secondary N) is 2. The second-order valence-corrected chi connectivity index (χ2v) is 8.77. The smallest absolute Gasteiger partial charge is 0.251 e. The minimum Gasteiger partial charge on any atom is -0.349 e. The molecule has 0 atom stereocenters. The Hall–Kier alpha value is -2.62. The third-order valence-corrected chi connectivity index (χ3v) is 6.24. The number of hydrogen-bond acceptors (Lipinski definition) is 6. The lowest BCUT2D eigenvalue weighted by Gasteiger charge is -2.32. The first-order valence-corrected chi connectivity index (χ1v) is 11.0. The van der Waals surface area contributed by atoms with Crippen molar-refractivity contribution in [2.24, 2.45) is 0 Å². The van der Waals surface area contributed by atoms with Crippen LogP contribution in [0.15, 0.2) is 54.6 Å². The zero-order valence-corrected chi connectivity index (χ0v) is 17.9. The van der Waals surface area contributed by atoms with Crippen molar-refractivity contribution >= 4 is 40.3 Å². The molecule has 4 rings (SSSR count). The summed E-state index contributed by atoms with van der Waals surface area (Å²) in [5.41, 5.74) is 1.06. The molecule has 2 N–H and O–H groups in total. The van der Waals surface area contributed by atoms with Crippen molar-refractivity contribution in [2.45, 2.75) is 25.6 Å². The van der Waals surface area contributed by atoms with Gasteiger partial charge in [-0.1, -0.05) is 41.7 Å². The number of hydrogen-bond donors (Lipinski definition) is 2. The van der Waals surface area contributed by atoms with E-state index >= 15 is 0 Å². The number of anilines is 2. The average Bonchev–Trinajstić information content (AvgIpc) is 3.10. The quantitative estimate of drug-likeness (QED) is 0.553. The molecule has 0 spiro atoms. The van der Waals surface area contributed by atoms with Gasteiger partial charge in [0.2, 0.25) is 5.13 Å². The highest BCUT2D eigenvalue weighted by Gasteiger charge is 2.22. The number of likely N-dealkylation sites (tertiary alicyclic amines) is 1. The van der Waals surface area contributed by atoms with Crippen molar-refractivity contribution in [1.82, 2.24) is 20.0 Å². The predicted molar refractivity (Wildman–Crippen MR) is 119 cm³/mol. The van der Waals surface area contributed by atoms with Gasteiger partial charge >= 0.3 is 0 Å². The van der Waals surface area contributed by atoms with Crippen LogP contribution in [0.1, 0.15) is 23.2 Å². The van der Waals surface area contributed by atoms with Gasteiger partial charge in [-0.05, 0) is 49.3 Å². The summed E-state index contributed by atoms with van der Waals surface area (Å²) < 4.78 is 16.2. The van der Waals surface area contributed by atoms with Crippen LogP contribution in [0.2, 0.25) is 0 Å². The summed E-state index contributed by atoms with van der Waals surface area (Å²) in [6.45, 7) is 2.26. The molecule has 156 valence electrons. The van der Waals surface area contributed by atoms with Crippen LogP contribution in [0.3, 0.4) is 0 Å². The summed E-state index contributed by atoms with van der Waals surface area (Å²) >= 11 is 6.74. The molecule has 0 unspecified atom stereocenters. The fraction of sp³-hybridized carbons (Fsp3) is 0.286. The molecule has 1 aliphatic rings. The SMILES string of the molecule is O=C(NC1CCN(Cn2nc(Nc3ccccc3F)sc2=S)CC1)c1ccccc1. The normalized spacial score (nSPS) is 15.1. The Morgan fingerprint density at radius 2 is 1.83 bits per heavy atom. The van der Waals surface area contributed by atoms with Crippen molar-refractivity contribution in [3.05, 3.63) is 69.9 Å². The average molecular weight is 444 g/mol. The second-order valence-electron chi connectivity index (χ2n) is 7.15. The van der Waals surface area contributed by atoms with E-state index in [1.165, 1.54) is 17.4 Å². The molecule has 1 amide bonds. The van der Waals surface area contributed by atoms with Crippen molar-refractivity contribution in [3.8, 4) is 0 Å². The fourth-order valence-electron chi connectivity index (χ4n) is 3.39. The lowest BCUT2D eigenvalue weighted by molar-refractivity contribution is 0.0896. The summed E-state index contributed by atoms with van der Waals surface area (Å²) in [6, 6.07) is 15.9. The molecule has 0 bridgehead atoms. The van der Waals surface area contributed by atoms with Crippen molar-refractivity contribution in [1.29, 1.82) is 0 Å². The summed E-state index contributed by atoms with van der Waals surface area (Å²) in [4.78, 5) is 14.6. The van der Waals surface area contributed by atoms with Crippen LogP contribution in [-0.4, -0.2) is 39.7 Å². The van der Waals surface area contributed by atoms with Gasteiger partial charge in [-0.3, -0.25) is 9.69 Å². The van der Waals surface area contributed by atoms with E-state index in [1.807, 2.05) is 30.3 Å². The predicted octanol–water partition coefficient (Wildman–Crippen LogP) is 4.41. The topological polar surface area (TPSA) is 62.2 Å². The highest BCUT2D eigenvalue weighted by atomic mass is 32.1. The van der Waals surface area contributed by atoms with Gasteiger partial charge in [0, 0.05) is 24.7 Å². The number of benzene rings is 2. The molecule has 0 saturated carbocycles. The third kappa shape index (κ3) is 5.10. The molecule has 1 aliphatic heterocycles. The Kier molecular flexibility index (Phi) is 6.51. The van der Waals surface area contributed by atoms with E-state index in [0.29, 0.717) is 27.0 Å². The number of rotatable bonds is 6. The molecule has 6 nitrogen and oxygen atoms in total. The number of nitrogens with zero attached hydrogens (tertiary/aromatic N) is 3. The third-order valence-electron chi connectivity index (χ3n) is 5.01. The monoisotopic (exact) mass is 443 g/mol. The van der Waals surface area contributed by atoms with E-state index < -0.39 is 0 Å². The number of halogens is 1. The maximum absolute atomic E-state index is 13.8. The van der Waals surface area contributed by atoms with Gasteiger partial charge in [-0.15, -0.1) is 5.10 Å². The summed E-state index contributed by atoms with van der Waals surface area (Å²) in [5, 5.41) is 11.2. The molecule has 1 aromatic heterocycles. The highest BCUT2D eigenvalue weighted by Crippen LogP contribution is 2.23. The lowest BCUT2D eigenvalue weighted by atomic mass is 10.0. The molecule has 30 heavy (non-hydrogen) atoms.